The highest BCUT2D eigenvalue weighted by molar-refractivity contribution is 9.09. The molecule has 4 nitrogen and oxygen atoms in total. The monoisotopic (exact) mass is 236 g/mol. The van der Waals surface area contributed by atoms with Crippen LogP contribution in [0.4, 0.5) is 0 Å². The number of hydrogen-bond donors (Lipinski definition) is 1. The minimum atomic E-state index is -0.152. The largest absolute Gasteiger partial charge is 0.358 e. The van der Waals surface area contributed by atoms with Gasteiger partial charge in [-0.05, 0) is 0 Å². The average Bonchev–Trinajstić information content (AvgIpc) is 2.04. The zero-order valence-electron chi connectivity index (χ0n) is 7.26. The van der Waals surface area contributed by atoms with E-state index in [0.717, 1.165) is 0 Å². The molecule has 0 heterocycles. The second kappa shape index (κ2) is 5.99. The molecule has 12 heavy (non-hydrogen) atoms. The Kier molecular flexibility index (Phi) is 5.70. The molecule has 0 aliphatic carbocycles. The number of alkyl halides is 1. The molecule has 0 rings (SSSR count). The zero-order valence-corrected chi connectivity index (χ0v) is 8.85. The fourth-order valence-electron chi connectivity index (χ4n) is 0.654. The van der Waals surface area contributed by atoms with Gasteiger partial charge in [-0.15, -0.1) is 0 Å². The van der Waals surface area contributed by atoms with Crippen LogP contribution in [0.1, 0.15) is 6.42 Å². The molecule has 0 unspecified atom stereocenters. The molecule has 0 saturated heterocycles. The van der Waals surface area contributed by atoms with Gasteiger partial charge < -0.3 is 10.2 Å². The fourth-order valence-corrected chi connectivity index (χ4v) is 0.994. The summed E-state index contributed by atoms with van der Waals surface area (Å²) in [5.74, 6) is -0.184. The van der Waals surface area contributed by atoms with Crippen molar-refractivity contribution in [3.8, 4) is 0 Å². The van der Waals surface area contributed by atoms with Crippen LogP contribution < -0.4 is 5.32 Å². The molecular weight excluding hydrogens is 224 g/mol. The van der Waals surface area contributed by atoms with Gasteiger partial charge in [-0.3, -0.25) is 9.59 Å². The van der Waals surface area contributed by atoms with Gasteiger partial charge in [0.25, 0.3) is 0 Å². The van der Waals surface area contributed by atoms with E-state index in [4.69, 9.17) is 0 Å². The van der Waals surface area contributed by atoms with Crippen LogP contribution in [0.15, 0.2) is 0 Å². The molecule has 0 bridgehead atoms. The van der Waals surface area contributed by atoms with Crippen molar-refractivity contribution in [2.45, 2.75) is 6.42 Å². The Morgan fingerprint density at radius 2 is 2.08 bits per heavy atom. The van der Waals surface area contributed by atoms with E-state index >= 15 is 0 Å². The van der Waals surface area contributed by atoms with E-state index in [1.807, 2.05) is 0 Å². The van der Waals surface area contributed by atoms with E-state index in [1.165, 1.54) is 4.90 Å². The number of nitrogens with one attached hydrogen (secondary N) is 1. The summed E-state index contributed by atoms with van der Waals surface area (Å²) in [6, 6.07) is 0. The molecule has 70 valence electrons. The van der Waals surface area contributed by atoms with Gasteiger partial charge in [-0.2, -0.15) is 0 Å². The second-order valence-corrected chi connectivity index (χ2v) is 3.15. The molecule has 0 spiro atoms. The number of hydrogen-bond acceptors (Lipinski definition) is 2. The highest BCUT2D eigenvalue weighted by Gasteiger charge is 2.10. The summed E-state index contributed by atoms with van der Waals surface area (Å²) in [6.45, 7) is 0.127. The molecule has 0 saturated carbocycles. The lowest BCUT2D eigenvalue weighted by Crippen LogP contribution is -2.36. The van der Waals surface area contributed by atoms with Crippen LogP contribution in [0.25, 0.3) is 0 Å². The molecule has 2 amide bonds. The predicted molar refractivity (Wildman–Crippen MR) is 50.1 cm³/mol. The summed E-state index contributed by atoms with van der Waals surface area (Å²) >= 11 is 3.15. The first-order valence-corrected chi connectivity index (χ1v) is 4.74. The first-order chi connectivity index (χ1) is 5.61. The van der Waals surface area contributed by atoms with Gasteiger partial charge in [0, 0.05) is 25.8 Å². The molecule has 0 aromatic heterocycles. The standard InChI is InChI=1S/C7H13BrN2O2/c1-9-6(11)5-10(2)7(12)3-4-8/h3-5H2,1-2H3,(H,9,11). The van der Waals surface area contributed by atoms with Crippen LogP contribution >= 0.6 is 15.9 Å². The van der Waals surface area contributed by atoms with Gasteiger partial charge in [-0.1, -0.05) is 15.9 Å². The van der Waals surface area contributed by atoms with Crippen LogP contribution in [-0.4, -0.2) is 42.7 Å². The number of likely N-dealkylation sites (N-methyl/N-ethyl adjacent to an activating group) is 2. The van der Waals surface area contributed by atoms with Crippen molar-refractivity contribution in [1.29, 1.82) is 0 Å². The number of rotatable bonds is 4. The molecule has 0 aromatic carbocycles. The molecular formula is C7H13BrN2O2. The fraction of sp³-hybridized carbons (Fsp3) is 0.714. The van der Waals surface area contributed by atoms with Crippen molar-refractivity contribution >= 4 is 27.7 Å². The van der Waals surface area contributed by atoms with E-state index in [1.54, 1.807) is 14.1 Å². The minimum Gasteiger partial charge on any atom is -0.358 e. The summed E-state index contributed by atoms with van der Waals surface area (Å²) in [7, 11) is 3.16. The van der Waals surface area contributed by atoms with Gasteiger partial charge in [0.2, 0.25) is 11.8 Å². The summed E-state index contributed by atoms with van der Waals surface area (Å²) in [5, 5.41) is 3.08. The average molecular weight is 237 g/mol. The lowest BCUT2D eigenvalue weighted by atomic mass is 10.4. The van der Waals surface area contributed by atoms with Crippen molar-refractivity contribution in [3.05, 3.63) is 0 Å². The highest BCUT2D eigenvalue weighted by Crippen LogP contribution is 1.93. The van der Waals surface area contributed by atoms with Gasteiger partial charge in [0.1, 0.15) is 0 Å². The van der Waals surface area contributed by atoms with Gasteiger partial charge >= 0.3 is 0 Å². The SMILES string of the molecule is CNC(=O)CN(C)C(=O)CCBr. The Morgan fingerprint density at radius 3 is 2.50 bits per heavy atom. The Labute approximate surface area is 80.4 Å². The lowest BCUT2D eigenvalue weighted by Gasteiger charge is -2.14. The topological polar surface area (TPSA) is 49.4 Å². The molecule has 1 N–H and O–H groups in total. The van der Waals surface area contributed by atoms with Gasteiger partial charge in [0.15, 0.2) is 0 Å². The normalized spacial score (nSPS) is 9.25. The van der Waals surface area contributed by atoms with Crippen molar-refractivity contribution in [2.75, 3.05) is 26.0 Å². The first kappa shape index (κ1) is 11.4. The van der Waals surface area contributed by atoms with Crippen LogP contribution in [0, 0.1) is 0 Å². The minimum absolute atomic E-state index is 0.0320. The third-order valence-electron chi connectivity index (χ3n) is 1.39. The van der Waals surface area contributed by atoms with Gasteiger partial charge in [0.05, 0.1) is 6.54 Å². The maximum atomic E-state index is 11.1. The Balaban J connectivity index is 3.78. The Morgan fingerprint density at radius 1 is 1.50 bits per heavy atom. The highest BCUT2D eigenvalue weighted by atomic mass is 79.9. The van der Waals surface area contributed by atoms with Crippen LogP contribution in [0.3, 0.4) is 0 Å². The summed E-state index contributed by atoms with van der Waals surface area (Å²) in [4.78, 5) is 23.3. The quantitative estimate of drug-likeness (QED) is 0.698. The predicted octanol–water partition coefficient (Wildman–Crippen LogP) is -0.0242. The lowest BCUT2D eigenvalue weighted by molar-refractivity contribution is -0.134. The molecule has 0 radical (unpaired) electrons. The summed E-state index contributed by atoms with van der Waals surface area (Å²) < 4.78 is 0. The van der Waals surface area contributed by atoms with E-state index in [2.05, 4.69) is 21.2 Å². The number of halogens is 1. The van der Waals surface area contributed by atoms with Crippen molar-refractivity contribution < 1.29 is 9.59 Å². The Hall–Kier alpha value is -0.580. The molecule has 0 aromatic rings. The second-order valence-electron chi connectivity index (χ2n) is 2.36. The number of nitrogens with zero attached hydrogens (tertiary/aromatic N) is 1. The number of carbonyl (C=O) groups excluding carboxylic acids is 2. The van der Waals surface area contributed by atoms with E-state index in [9.17, 15) is 9.59 Å². The van der Waals surface area contributed by atoms with Gasteiger partial charge in [-0.25, -0.2) is 0 Å². The van der Waals surface area contributed by atoms with E-state index < -0.39 is 0 Å². The van der Waals surface area contributed by atoms with Crippen molar-refractivity contribution in [2.24, 2.45) is 0 Å². The molecule has 0 aliphatic rings. The summed E-state index contributed by atoms with van der Waals surface area (Å²) in [5.41, 5.74) is 0. The van der Waals surface area contributed by atoms with E-state index in [-0.39, 0.29) is 18.4 Å². The maximum Gasteiger partial charge on any atom is 0.239 e. The van der Waals surface area contributed by atoms with E-state index in [0.29, 0.717) is 11.8 Å². The maximum absolute atomic E-state index is 11.1. The third-order valence-corrected chi connectivity index (χ3v) is 1.79. The molecule has 0 aliphatic heterocycles. The van der Waals surface area contributed by atoms with Crippen molar-refractivity contribution in [1.82, 2.24) is 10.2 Å². The number of amides is 2. The van der Waals surface area contributed by atoms with Crippen molar-refractivity contribution in [3.63, 3.8) is 0 Å². The first-order valence-electron chi connectivity index (χ1n) is 3.62. The number of carbonyl (C=O) groups is 2. The van der Waals surface area contributed by atoms with Crippen LogP contribution in [0.5, 0.6) is 0 Å². The van der Waals surface area contributed by atoms with Crippen LogP contribution in [0.2, 0.25) is 0 Å². The third kappa shape index (κ3) is 4.33. The molecule has 5 heteroatoms. The zero-order chi connectivity index (χ0) is 9.56. The molecule has 0 fully saturated rings. The summed E-state index contributed by atoms with van der Waals surface area (Å²) in [6.07, 6.45) is 0.424. The smallest absolute Gasteiger partial charge is 0.239 e. The van der Waals surface area contributed by atoms with Crippen LogP contribution in [-0.2, 0) is 9.59 Å². The Bertz CT molecular complexity index is 173. The molecule has 0 atom stereocenters.